The molecule has 0 saturated heterocycles. The third kappa shape index (κ3) is 4.40. The predicted octanol–water partition coefficient (Wildman–Crippen LogP) is 6.55. The van der Waals surface area contributed by atoms with Crippen molar-refractivity contribution in [2.75, 3.05) is 6.54 Å². The second-order valence-electron chi connectivity index (χ2n) is 7.31. The largest absolute Gasteiger partial charge is 0.323 e. The van der Waals surface area contributed by atoms with E-state index in [9.17, 15) is 14.9 Å². The van der Waals surface area contributed by atoms with Gasteiger partial charge in [-0.25, -0.2) is 0 Å². The Morgan fingerprint density at radius 3 is 2.61 bits per heavy atom. The molecule has 1 amide bonds. The van der Waals surface area contributed by atoms with Crippen LogP contribution < -0.4 is 0 Å². The molecule has 4 rings (SSSR count). The van der Waals surface area contributed by atoms with Gasteiger partial charge in [0.15, 0.2) is 0 Å². The zero-order valence-corrected chi connectivity index (χ0v) is 18.5. The van der Waals surface area contributed by atoms with E-state index in [1.807, 2.05) is 30.4 Å². The van der Waals surface area contributed by atoms with E-state index in [0.29, 0.717) is 33.5 Å². The Balaban J connectivity index is 1.74. The normalized spacial score (nSPS) is 20.4. The summed E-state index contributed by atoms with van der Waals surface area (Å²) in [6.45, 7) is 0.283. The highest BCUT2D eigenvalue weighted by Crippen LogP contribution is 2.43. The van der Waals surface area contributed by atoms with E-state index in [-0.39, 0.29) is 24.2 Å². The number of fused-ring (bicyclic) bond motifs is 1. The molecule has 0 saturated carbocycles. The van der Waals surface area contributed by atoms with E-state index < -0.39 is 4.92 Å². The Kier molecular flexibility index (Phi) is 6.19. The van der Waals surface area contributed by atoms with Gasteiger partial charge < -0.3 is 4.90 Å². The van der Waals surface area contributed by atoms with Crippen molar-refractivity contribution < 1.29 is 9.72 Å². The molecule has 0 spiro atoms. The van der Waals surface area contributed by atoms with Crippen LogP contribution in [0.4, 0.5) is 0 Å². The van der Waals surface area contributed by atoms with E-state index in [0.717, 1.165) is 16.7 Å². The molecule has 1 unspecified atom stereocenters. The van der Waals surface area contributed by atoms with Gasteiger partial charge in [0, 0.05) is 29.6 Å². The third-order valence-corrected chi connectivity index (χ3v) is 6.33. The molecule has 1 aliphatic heterocycles. The summed E-state index contributed by atoms with van der Waals surface area (Å²) in [6, 6.07) is 2.95. The molecule has 0 radical (unpaired) electrons. The molecule has 5 nitrogen and oxygen atoms in total. The van der Waals surface area contributed by atoms with Crippen LogP contribution in [-0.4, -0.2) is 22.3 Å². The molecular weight excluding hydrogens is 459 g/mol. The molecule has 1 atom stereocenters. The van der Waals surface area contributed by atoms with Crippen molar-refractivity contribution in [1.29, 1.82) is 0 Å². The number of hydrogen-bond donors (Lipinski definition) is 0. The van der Waals surface area contributed by atoms with Crippen molar-refractivity contribution >= 4 is 40.7 Å². The molecule has 3 aliphatic rings. The molecule has 0 fully saturated rings. The van der Waals surface area contributed by atoms with E-state index >= 15 is 0 Å². The van der Waals surface area contributed by atoms with Crippen LogP contribution in [0.3, 0.4) is 0 Å². The Hall–Kier alpha value is -2.60. The summed E-state index contributed by atoms with van der Waals surface area (Å²) in [4.78, 5) is 25.7. The van der Waals surface area contributed by atoms with E-state index in [1.54, 1.807) is 29.2 Å². The maximum atomic E-state index is 13.4. The zero-order valence-electron chi connectivity index (χ0n) is 16.2. The minimum absolute atomic E-state index is 0.0339. The number of nitro groups is 1. The van der Waals surface area contributed by atoms with E-state index in [2.05, 4.69) is 0 Å². The maximum absolute atomic E-state index is 13.4. The van der Waals surface area contributed by atoms with Crippen molar-refractivity contribution in [2.45, 2.75) is 18.9 Å². The van der Waals surface area contributed by atoms with Gasteiger partial charge in [0.1, 0.15) is 0 Å². The van der Waals surface area contributed by atoms with Gasteiger partial charge in [-0.15, -0.1) is 0 Å². The summed E-state index contributed by atoms with van der Waals surface area (Å²) in [6.07, 6.45) is 15.2. The average molecular weight is 476 g/mol. The third-order valence-electron chi connectivity index (χ3n) is 5.32. The van der Waals surface area contributed by atoms with E-state index in [1.165, 1.54) is 6.08 Å². The predicted molar refractivity (Wildman–Crippen MR) is 123 cm³/mol. The molecule has 1 aromatic carbocycles. The van der Waals surface area contributed by atoms with Gasteiger partial charge in [-0.3, -0.25) is 14.9 Å². The summed E-state index contributed by atoms with van der Waals surface area (Å²) >= 11 is 18.7. The molecular formula is C23H17Cl3N2O3. The van der Waals surface area contributed by atoms with Crippen molar-refractivity contribution in [2.24, 2.45) is 0 Å². The van der Waals surface area contributed by atoms with Crippen LogP contribution in [0, 0.1) is 10.1 Å². The first-order chi connectivity index (χ1) is 14.8. The number of amides is 1. The number of nitrogens with zero attached hydrogens (tertiary/aromatic N) is 2. The lowest BCUT2D eigenvalue weighted by atomic mass is 9.97. The Morgan fingerprint density at radius 2 is 1.84 bits per heavy atom. The lowest BCUT2D eigenvalue weighted by Gasteiger charge is -2.27. The van der Waals surface area contributed by atoms with Crippen molar-refractivity contribution in [3.05, 3.63) is 114 Å². The number of rotatable bonds is 4. The van der Waals surface area contributed by atoms with Gasteiger partial charge in [-0.05, 0) is 47.4 Å². The van der Waals surface area contributed by atoms with Crippen LogP contribution in [0.1, 0.15) is 34.8 Å². The molecule has 158 valence electrons. The van der Waals surface area contributed by atoms with Gasteiger partial charge in [0.05, 0.1) is 21.0 Å². The first-order valence-corrected chi connectivity index (χ1v) is 10.7. The topological polar surface area (TPSA) is 63.5 Å². The quantitative estimate of drug-likeness (QED) is 0.366. The Labute approximate surface area is 194 Å². The molecule has 2 aliphatic carbocycles. The van der Waals surface area contributed by atoms with Gasteiger partial charge in [0.25, 0.3) is 11.6 Å². The van der Waals surface area contributed by atoms with Crippen LogP contribution >= 0.6 is 34.8 Å². The summed E-state index contributed by atoms with van der Waals surface area (Å²) in [5.74, 6) is -0.173. The standard InChI is InChI=1S/C23H17Cl3N2O3/c24-16-5-2-4-15(8-9-16)22-18-11-20(25)21(26)12-19(18)23(29)27(22)13-14-3-1-6-17(10-7-14)28(30)31/h2-4,6-12,22H,1,5,13H2. The molecule has 1 heterocycles. The smallest absolute Gasteiger partial charge is 0.265 e. The van der Waals surface area contributed by atoms with Crippen LogP contribution in [-0.2, 0) is 0 Å². The lowest BCUT2D eigenvalue weighted by molar-refractivity contribution is -0.419. The minimum atomic E-state index is -0.422. The second kappa shape index (κ2) is 8.87. The summed E-state index contributed by atoms with van der Waals surface area (Å²) < 4.78 is 0. The molecule has 31 heavy (non-hydrogen) atoms. The fourth-order valence-corrected chi connectivity index (χ4v) is 4.33. The van der Waals surface area contributed by atoms with Crippen LogP contribution in [0.5, 0.6) is 0 Å². The number of hydrogen-bond acceptors (Lipinski definition) is 3. The summed E-state index contributed by atoms with van der Waals surface area (Å²) in [5.41, 5.74) is 3.00. The fraction of sp³-hybridized carbons (Fsp3) is 0.174. The molecule has 8 heteroatoms. The van der Waals surface area contributed by atoms with Gasteiger partial charge >= 0.3 is 0 Å². The van der Waals surface area contributed by atoms with E-state index in [4.69, 9.17) is 34.8 Å². The molecule has 0 bridgehead atoms. The SMILES string of the molecule is O=C1c2cc(Cl)c(Cl)cc2C(C2=CC=C(Cl)CC=C2)N1CC1=CCC=C([N+](=O)[O-])C=C1. The first-order valence-electron chi connectivity index (χ1n) is 9.59. The number of benzene rings is 1. The molecule has 1 aromatic rings. The minimum Gasteiger partial charge on any atom is -0.323 e. The highest BCUT2D eigenvalue weighted by Gasteiger charge is 2.39. The second-order valence-corrected chi connectivity index (χ2v) is 8.61. The van der Waals surface area contributed by atoms with Crippen molar-refractivity contribution in [1.82, 2.24) is 4.90 Å². The number of allylic oxidation sites excluding steroid dienone is 7. The Morgan fingerprint density at radius 1 is 1.06 bits per heavy atom. The molecule has 0 aromatic heterocycles. The van der Waals surface area contributed by atoms with Crippen molar-refractivity contribution in [3.63, 3.8) is 0 Å². The number of halogens is 3. The molecule has 0 N–H and O–H groups in total. The number of carbonyl (C=O) groups excluding carboxylic acids is 1. The van der Waals surface area contributed by atoms with Crippen molar-refractivity contribution in [3.8, 4) is 0 Å². The van der Waals surface area contributed by atoms with Gasteiger partial charge in [0.2, 0.25) is 0 Å². The van der Waals surface area contributed by atoms with Gasteiger partial charge in [-0.1, -0.05) is 65.2 Å². The highest BCUT2D eigenvalue weighted by molar-refractivity contribution is 6.42. The summed E-state index contributed by atoms with van der Waals surface area (Å²) in [7, 11) is 0. The van der Waals surface area contributed by atoms with Crippen LogP contribution in [0.15, 0.2) is 82.6 Å². The average Bonchev–Trinajstić information content (AvgIpc) is 2.96. The highest BCUT2D eigenvalue weighted by atomic mass is 35.5. The monoisotopic (exact) mass is 474 g/mol. The number of carbonyl (C=O) groups is 1. The van der Waals surface area contributed by atoms with Crippen LogP contribution in [0.2, 0.25) is 10.0 Å². The maximum Gasteiger partial charge on any atom is 0.265 e. The zero-order chi connectivity index (χ0) is 22.1. The fourth-order valence-electron chi connectivity index (χ4n) is 3.85. The first kappa shape index (κ1) is 21.6. The van der Waals surface area contributed by atoms with Crippen LogP contribution in [0.25, 0.3) is 0 Å². The summed E-state index contributed by atoms with van der Waals surface area (Å²) in [5, 5.41) is 12.5. The Bertz CT molecular complexity index is 1160. The van der Waals surface area contributed by atoms with Gasteiger partial charge in [-0.2, -0.15) is 0 Å². The lowest BCUT2D eigenvalue weighted by Crippen LogP contribution is -2.30.